The molecule has 0 saturated carbocycles. The molecule has 0 amide bonds. The van der Waals surface area contributed by atoms with Crippen LogP contribution in [0.1, 0.15) is 26.6 Å². The maximum Gasteiger partial charge on any atom is 0.183 e. The first kappa shape index (κ1) is 8.90. The number of halogens is 1. The van der Waals surface area contributed by atoms with Crippen molar-refractivity contribution in [3.8, 4) is 0 Å². The minimum absolute atomic E-state index is 0.0880. The summed E-state index contributed by atoms with van der Waals surface area (Å²) in [7, 11) is 0. The molecule has 0 fully saturated rings. The monoisotopic (exact) mass is 169 g/mol. The number of nitrogens with two attached hydrogens (primary N) is 1. The third kappa shape index (κ3) is 1.69. The van der Waals surface area contributed by atoms with Crippen molar-refractivity contribution in [2.45, 2.75) is 26.2 Å². The zero-order valence-corrected chi connectivity index (χ0v) is 7.43. The van der Waals surface area contributed by atoms with Gasteiger partial charge in [0.15, 0.2) is 11.6 Å². The molecule has 3 nitrogen and oxygen atoms in total. The second-order valence-electron chi connectivity index (χ2n) is 3.68. The van der Waals surface area contributed by atoms with Crippen LogP contribution in [-0.4, -0.2) is 9.97 Å². The van der Waals surface area contributed by atoms with E-state index in [1.807, 2.05) is 20.8 Å². The van der Waals surface area contributed by atoms with Gasteiger partial charge in [-0.05, 0) is 0 Å². The minimum Gasteiger partial charge on any atom is -0.381 e. The predicted molar refractivity (Wildman–Crippen MR) is 45.1 cm³/mol. The molecule has 0 aliphatic carbocycles. The number of nitrogen functional groups attached to an aromatic ring is 1. The summed E-state index contributed by atoms with van der Waals surface area (Å²) in [6.45, 7) is 5.83. The summed E-state index contributed by atoms with van der Waals surface area (Å²) in [5.41, 5.74) is 5.10. The Morgan fingerprint density at radius 1 is 1.42 bits per heavy atom. The molecule has 1 rings (SSSR count). The molecule has 0 saturated heterocycles. The predicted octanol–water partition coefficient (Wildman–Crippen LogP) is 1.50. The van der Waals surface area contributed by atoms with E-state index in [0.717, 1.165) is 6.20 Å². The van der Waals surface area contributed by atoms with Crippen molar-refractivity contribution in [1.29, 1.82) is 0 Å². The number of rotatable bonds is 0. The third-order valence-corrected chi connectivity index (χ3v) is 1.44. The maximum atomic E-state index is 12.6. The van der Waals surface area contributed by atoms with Crippen molar-refractivity contribution in [1.82, 2.24) is 9.97 Å². The van der Waals surface area contributed by atoms with Gasteiger partial charge in [-0.1, -0.05) is 20.8 Å². The van der Waals surface area contributed by atoms with Crippen molar-refractivity contribution >= 4 is 5.82 Å². The zero-order valence-electron chi connectivity index (χ0n) is 7.43. The summed E-state index contributed by atoms with van der Waals surface area (Å²) in [6, 6.07) is 0. The molecule has 1 heterocycles. The summed E-state index contributed by atoms with van der Waals surface area (Å²) in [5.74, 6) is -0.0978. The minimum atomic E-state index is -0.567. The highest BCUT2D eigenvalue weighted by molar-refractivity contribution is 5.29. The van der Waals surface area contributed by atoms with Crippen LogP contribution in [0.5, 0.6) is 0 Å². The van der Waals surface area contributed by atoms with E-state index >= 15 is 0 Å². The Hall–Kier alpha value is -1.19. The second-order valence-corrected chi connectivity index (χ2v) is 3.68. The molecule has 2 N–H and O–H groups in total. The fourth-order valence-corrected chi connectivity index (χ4v) is 0.742. The van der Waals surface area contributed by atoms with Crippen LogP contribution in [0.25, 0.3) is 0 Å². The highest BCUT2D eigenvalue weighted by atomic mass is 19.1. The number of hydrogen-bond donors (Lipinski definition) is 1. The first-order chi connectivity index (χ1) is 5.41. The van der Waals surface area contributed by atoms with Gasteiger partial charge in [0, 0.05) is 5.41 Å². The van der Waals surface area contributed by atoms with Crippen LogP contribution in [0.4, 0.5) is 10.2 Å². The Labute approximate surface area is 70.8 Å². The molecule has 66 valence electrons. The van der Waals surface area contributed by atoms with E-state index in [2.05, 4.69) is 9.97 Å². The fraction of sp³-hybridized carbons (Fsp3) is 0.500. The Kier molecular flexibility index (Phi) is 2.00. The number of aromatic nitrogens is 2. The van der Waals surface area contributed by atoms with E-state index < -0.39 is 5.82 Å². The van der Waals surface area contributed by atoms with Crippen molar-refractivity contribution in [3.05, 3.63) is 17.8 Å². The molecule has 0 bridgehead atoms. The molecule has 12 heavy (non-hydrogen) atoms. The van der Waals surface area contributed by atoms with E-state index in [1.165, 1.54) is 0 Å². The van der Waals surface area contributed by atoms with Gasteiger partial charge in [-0.3, -0.25) is 0 Å². The maximum absolute atomic E-state index is 12.6. The van der Waals surface area contributed by atoms with Crippen LogP contribution < -0.4 is 5.73 Å². The van der Waals surface area contributed by atoms with Crippen LogP contribution in [0.2, 0.25) is 0 Å². The van der Waals surface area contributed by atoms with E-state index in [1.54, 1.807) is 0 Å². The van der Waals surface area contributed by atoms with Crippen molar-refractivity contribution < 1.29 is 4.39 Å². The average molecular weight is 169 g/mol. The normalized spacial score (nSPS) is 11.7. The molecular weight excluding hydrogens is 157 g/mol. The molecule has 1 aromatic heterocycles. The first-order valence-corrected chi connectivity index (χ1v) is 3.70. The van der Waals surface area contributed by atoms with Crippen LogP contribution >= 0.6 is 0 Å². The Morgan fingerprint density at radius 3 is 2.42 bits per heavy atom. The second kappa shape index (κ2) is 2.69. The Balaban J connectivity index is 3.14. The van der Waals surface area contributed by atoms with Crippen LogP contribution in [0.15, 0.2) is 6.20 Å². The topological polar surface area (TPSA) is 51.8 Å². The van der Waals surface area contributed by atoms with Crippen LogP contribution in [0, 0.1) is 5.82 Å². The lowest BCUT2D eigenvalue weighted by Gasteiger charge is -2.15. The standard InChI is InChI=1S/C8H12FN3/c1-8(2,3)7-11-4-5(9)6(10)12-7/h4H,1-3H3,(H2,10,11,12). The highest BCUT2D eigenvalue weighted by Crippen LogP contribution is 2.18. The molecule has 0 radical (unpaired) electrons. The van der Waals surface area contributed by atoms with Gasteiger partial charge in [0.1, 0.15) is 5.82 Å². The molecule has 0 aliphatic rings. The SMILES string of the molecule is CC(C)(C)c1ncc(F)c(N)n1. The Morgan fingerprint density at radius 2 is 2.00 bits per heavy atom. The van der Waals surface area contributed by atoms with Crippen molar-refractivity contribution in [2.24, 2.45) is 0 Å². The number of anilines is 1. The molecule has 0 atom stereocenters. The lowest BCUT2D eigenvalue weighted by molar-refractivity contribution is 0.533. The fourth-order valence-electron chi connectivity index (χ4n) is 0.742. The molecular formula is C8H12FN3. The molecule has 0 unspecified atom stereocenters. The molecule has 4 heteroatoms. The van der Waals surface area contributed by atoms with E-state index in [9.17, 15) is 4.39 Å². The quantitative estimate of drug-likeness (QED) is 0.640. The third-order valence-electron chi connectivity index (χ3n) is 1.44. The molecule has 0 aliphatic heterocycles. The van der Waals surface area contributed by atoms with Gasteiger partial charge in [0.05, 0.1) is 6.20 Å². The lowest BCUT2D eigenvalue weighted by Crippen LogP contribution is -2.17. The lowest BCUT2D eigenvalue weighted by atomic mass is 9.96. The van der Waals surface area contributed by atoms with E-state index in [-0.39, 0.29) is 11.2 Å². The van der Waals surface area contributed by atoms with Crippen LogP contribution in [-0.2, 0) is 5.41 Å². The van der Waals surface area contributed by atoms with Gasteiger partial charge in [0.2, 0.25) is 0 Å². The van der Waals surface area contributed by atoms with Gasteiger partial charge in [-0.2, -0.15) is 0 Å². The van der Waals surface area contributed by atoms with Gasteiger partial charge in [0.25, 0.3) is 0 Å². The smallest absolute Gasteiger partial charge is 0.183 e. The van der Waals surface area contributed by atoms with Gasteiger partial charge in [-0.25, -0.2) is 14.4 Å². The highest BCUT2D eigenvalue weighted by Gasteiger charge is 2.18. The summed E-state index contributed by atoms with van der Waals surface area (Å²) in [5, 5.41) is 0. The number of hydrogen-bond acceptors (Lipinski definition) is 3. The summed E-state index contributed by atoms with van der Waals surface area (Å²) in [6.07, 6.45) is 1.10. The van der Waals surface area contributed by atoms with Gasteiger partial charge in [-0.15, -0.1) is 0 Å². The molecule has 0 aromatic carbocycles. The average Bonchev–Trinajstić information content (AvgIpc) is 1.92. The summed E-state index contributed by atoms with van der Waals surface area (Å²) >= 11 is 0. The summed E-state index contributed by atoms with van der Waals surface area (Å²) < 4.78 is 12.6. The number of nitrogens with zero attached hydrogens (tertiary/aromatic N) is 2. The van der Waals surface area contributed by atoms with Crippen LogP contribution in [0.3, 0.4) is 0 Å². The van der Waals surface area contributed by atoms with Gasteiger partial charge < -0.3 is 5.73 Å². The zero-order chi connectivity index (χ0) is 9.35. The van der Waals surface area contributed by atoms with Gasteiger partial charge >= 0.3 is 0 Å². The Bertz CT molecular complexity index is 291. The summed E-state index contributed by atoms with van der Waals surface area (Å²) in [4.78, 5) is 7.68. The first-order valence-electron chi connectivity index (χ1n) is 3.70. The molecule has 1 aromatic rings. The van der Waals surface area contributed by atoms with E-state index in [4.69, 9.17) is 5.73 Å². The van der Waals surface area contributed by atoms with E-state index in [0.29, 0.717) is 5.82 Å². The largest absolute Gasteiger partial charge is 0.381 e. The van der Waals surface area contributed by atoms with Crippen molar-refractivity contribution in [3.63, 3.8) is 0 Å². The van der Waals surface area contributed by atoms with Crippen molar-refractivity contribution in [2.75, 3.05) is 5.73 Å². The molecule has 0 spiro atoms.